The summed E-state index contributed by atoms with van der Waals surface area (Å²) < 4.78 is 25.0. The van der Waals surface area contributed by atoms with Crippen LogP contribution < -0.4 is 0 Å². The van der Waals surface area contributed by atoms with Crippen LogP contribution in [0.15, 0.2) is 19.0 Å². The van der Waals surface area contributed by atoms with Gasteiger partial charge >= 0.3 is 5.97 Å². The molecule has 1 atom stereocenters. The molecule has 7 nitrogen and oxygen atoms in total. The van der Waals surface area contributed by atoms with E-state index in [0.29, 0.717) is 11.4 Å². The molecule has 0 amide bonds. The molecule has 2 heterocycles. The third kappa shape index (κ3) is 2.16. The van der Waals surface area contributed by atoms with Crippen molar-refractivity contribution in [1.29, 1.82) is 0 Å². The Morgan fingerprint density at radius 1 is 1.72 bits per heavy atom. The second-order valence-electron chi connectivity index (χ2n) is 4.00. The molecule has 98 valence electrons. The second-order valence-corrected chi connectivity index (χ2v) is 5.96. The van der Waals surface area contributed by atoms with E-state index in [1.54, 1.807) is 0 Å². The Balaban J connectivity index is 2.39. The van der Waals surface area contributed by atoms with Crippen LogP contribution in [0.4, 0.5) is 0 Å². The van der Waals surface area contributed by atoms with Gasteiger partial charge in [-0.1, -0.05) is 6.08 Å². The molecule has 1 aliphatic rings. The number of carbonyl (C=O) groups is 1. The fourth-order valence-electron chi connectivity index (χ4n) is 1.96. The molecule has 8 heteroatoms. The molecule has 1 unspecified atom stereocenters. The number of fused-ring (bicyclic) bond motifs is 1. The smallest absolute Gasteiger partial charge is 0.322 e. The van der Waals surface area contributed by atoms with Crippen LogP contribution in [0.25, 0.3) is 0 Å². The number of imidazole rings is 1. The van der Waals surface area contributed by atoms with Gasteiger partial charge in [0.25, 0.3) is 0 Å². The lowest BCUT2D eigenvalue weighted by molar-refractivity contribution is -0.141. The highest BCUT2D eigenvalue weighted by molar-refractivity contribution is 7.89. The molecule has 1 aliphatic heterocycles. The number of aliphatic carboxylic acids is 1. The van der Waals surface area contributed by atoms with Gasteiger partial charge in [-0.3, -0.25) is 4.79 Å². The Bertz CT molecular complexity index is 578. The van der Waals surface area contributed by atoms with Crippen molar-refractivity contribution < 1.29 is 18.3 Å². The van der Waals surface area contributed by atoms with E-state index in [1.807, 2.05) is 0 Å². The molecule has 0 spiro atoms. The summed E-state index contributed by atoms with van der Waals surface area (Å²) in [7, 11) is -3.66. The maximum atomic E-state index is 12.0. The molecule has 0 aliphatic carbocycles. The van der Waals surface area contributed by atoms with Crippen LogP contribution in [-0.4, -0.2) is 45.6 Å². The van der Waals surface area contributed by atoms with Crippen molar-refractivity contribution in [1.82, 2.24) is 14.3 Å². The minimum Gasteiger partial charge on any atom is -0.480 e. The monoisotopic (exact) mass is 271 g/mol. The zero-order chi connectivity index (χ0) is 13.3. The highest BCUT2D eigenvalue weighted by atomic mass is 32.2. The van der Waals surface area contributed by atoms with E-state index >= 15 is 0 Å². The predicted molar refractivity (Wildman–Crippen MR) is 63.2 cm³/mol. The number of H-pyrrole nitrogens is 1. The van der Waals surface area contributed by atoms with Crippen LogP contribution in [0, 0.1) is 0 Å². The Morgan fingerprint density at radius 3 is 3.06 bits per heavy atom. The molecule has 1 aromatic heterocycles. The van der Waals surface area contributed by atoms with Gasteiger partial charge < -0.3 is 10.1 Å². The average molecular weight is 271 g/mol. The number of carboxylic acid groups (broad SMARTS) is 1. The van der Waals surface area contributed by atoms with Crippen LogP contribution in [-0.2, 0) is 27.8 Å². The van der Waals surface area contributed by atoms with E-state index in [4.69, 9.17) is 5.11 Å². The summed E-state index contributed by atoms with van der Waals surface area (Å²) in [6, 6.07) is -1.11. The van der Waals surface area contributed by atoms with Crippen molar-refractivity contribution in [3.05, 3.63) is 30.4 Å². The van der Waals surface area contributed by atoms with E-state index in [-0.39, 0.29) is 18.7 Å². The van der Waals surface area contributed by atoms with Crippen molar-refractivity contribution in [2.24, 2.45) is 0 Å². The predicted octanol–water partition coefficient (Wildman–Crippen LogP) is -0.263. The summed E-state index contributed by atoms with van der Waals surface area (Å²) >= 11 is 0. The topological polar surface area (TPSA) is 103 Å². The normalized spacial score (nSPS) is 20.3. The van der Waals surface area contributed by atoms with Crippen LogP contribution in [0.1, 0.15) is 11.4 Å². The summed E-state index contributed by atoms with van der Waals surface area (Å²) in [5.74, 6) is -1.45. The minimum absolute atomic E-state index is 0.00245. The third-order valence-corrected chi connectivity index (χ3v) is 4.58. The molecular weight excluding hydrogens is 258 g/mol. The number of rotatable bonds is 4. The first-order valence-corrected chi connectivity index (χ1v) is 6.91. The molecule has 2 rings (SSSR count). The van der Waals surface area contributed by atoms with E-state index in [9.17, 15) is 13.2 Å². The molecular formula is C10H13N3O4S. The molecule has 0 radical (unpaired) electrons. The van der Waals surface area contributed by atoms with Gasteiger partial charge in [-0.15, -0.1) is 6.58 Å². The number of hydrogen-bond donors (Lipinski definition) is 2. The van der Waals surface area contributed by atoms with E-state index in [1.165, 1.54) is 12.4 Å². The Hall–Kier alpha value is -1.67. The van der Waals surface area contributed by atoms with Crippen LogP contribution in [0.5, 0.6) is 0 Å². The van der Waals surface area contributed by atoms with Gasteiger partial charge in [0.2, 0.25) is 10.0 Å². The van der Waals surface area contributed by atoms with Crippen molar-refractivity contribution in [2.45, 2.75) is 19.0 Å². The molecule has 1 aromatic rings. The summed E-state index contributed by atoms with van der Waals surface area (Å²) in [5.41, 5.74) is 1.24. The minimum atomic E-state index is -3.66. The van der Waals surface area contributed by atoms with Gasteiger partial charge in [0.15, 0.2) is 0 Å². The average Bonchev–Trinajstić information content (AvgIpc) is 2.74. The van der Waals surface area contributed by atoms with Gasteiger partial charge in [0, 0.05) is 6.42 Å². The highest BCUT2D eigenvalue weighted by Gasteiger charge is 2.39. The first-order chi connectivity index (χ1) is 8.45. The maximum Gasteiger partial charge on any atom is 0.322 e. The Morgan fingerprint density at radius 2 is 2.44 bits per heavy atom. The molecule has 0 saturated carbocycles. The number of nitrogens with one attached hydrogen (secondary N) is 1. The fraction of sp³-hybridized carbons (Fsp3) is 0.400. The molecule has 18 heavy (non-hydrogen) atoms. The quantitative estimate of drug-likeness (QED) is 0.734. The van der Waals surface area contributed by atoms with Gasteiger partial charge in [-0.2, -0.15) is 4.31 Å². The number of aromatic nitrogens is 2. The van der Waals surface area contributed by atoms with Crippen molar-refractivity contribution in [2.75, 3.05) is 5.75 Å². The third-order valence-electron chi connectivity index (χ3n) is 2.83. The zero-order valence-electron chi connectivity index (χ0n) is 9.54. The van der Waals surface area contributed by atoms with Gasteiger partial charge in [-0.25, -0.2) is 13.4 Å². The Labute approximate surface area is 104 Å². The first kappa shape index (κ1) is 12.8. The summed E-state index contributed by atoms with van der Waals surface area (Å²) in [4.78, 5) is 18.0. The van der Waals surface area contributed by atoms with Gasteiger partial charge in [0.05, 0.1) is 30.0 Å². The molecule has 0 aromatic carbocycles. The largest absolute Gasteiger partial charge is 0.480 e. The SMILES string of the molecule is C=CCS(=O)(=O)N1Cc2[nH]cnc2CC1C(=O)O. The van der Waals surface area contributed by atoms with Gasteiger partial charge in [0.1, 0.15) is 6.04 Å². The van der Waals surface area contributed by atoms with Crippen molar-refractivity contribution in [3.63, 3.8) is 0 Å². The summed E-state index contributed by atoms with van der Waals surface area (Å²) in [6.45, 7) is 3.37. The number of hydrogen-bond acceptors (Lipinski definition) is 4. The standard InChI is InChI=1S/C10H13N3O4S/c1-2-3-18(16,17)13-5-8-7(11-6-12-8)4-9(13)10(14)15/h2,6,9H,1,3-5H2,(H,11,12)(H,14,15). The summed E-state index contributed by atoms with van der Waals surface area (Å²) in [6.07, 6.45) is 2.76. The zero-order valence-corrected chi connectivity index (χ0v) is 10.4. The molecule has 0 saturated heterocycles. The van der Waals surface area contributed by atoms with Crippen LogP contribution >= 0.6 is 0 Å². The highest BCUT2D eigenvalue weighted by Crippen LogP contribution is 2.23. The van der Waals surface area contributed by atoms with Crippen molar-refractivity contribution >= 4 is 16.0 Å². The number of nitrogens with zero attached hydrogens (tertiary/aromatic N) is 2. The molecule has 0 fully saturated rings. The number of carboxylic acids is 1. The summed E-state index contributed by atoms with van der Waals surface area (Å²) in [5, 5.41) is 9.13. The Kier molecular flexibility index (Phi) is 3.22. The fourth-order valence-corrected chi connectivity index (χ4v) is 3.33. The number of aromatic amines is 1. The van der Waals surface area contributed by atoms with E-state index in [2.05, 4.69) is 16.5 Å². The first-order valence-electron chi connectivity index (χ1n) is 5.30. The number of sulfonamides is 1. The van der Waals surface area contributed by atoms with E-state index in [0.717, 1.165) is 4.31 Å². The van der Waals surface area contributed by atoms with E-state index < -0.39 is 22.0 Å². The lowest BCUT2D eigenvalue weighted by Gasteiger charge is -2.30. The van der Waals surface area contributed by atoms with Crippen LogP contribution in [0.2, 0.25) is 0 Å². The molecule has 2 N–H and O–H groups in total. The maximum absolute atomic E-state index is 12.0. The molecule has 0 bridgehead atoms. The lowest BCUT2D eigenvalue weighted by atomic mass is 10.1. The lowest BCUT2D eigenvalue weighted by Crippen LogP contribution is -2.49. The van der Waals surface area contributed by atoms with Crippen LogP contribution in [0.3, 0.4) is 0 Å². The van der Waals surface area contributed by atoms with Crippen molar-refractivity contribution in [3.8, 4) is 0 Å². The second kappa shape index (κ2) is 4.54. The van der Waals surface area contributed by atoms with Gasteiger partial charge in [-0.05, 0) is 0 Å².